The van der Waals surface area contributed by atoms with Crippen molar-refractivity contribution in [1.82, 2.24) is 0 Å². The lowest BCUT2D eigenvalue weighted by molar-refractivity contribution is -0.384. The third kappa shape index (κ3) is 2.85. The van der Waals surface area contributed by atoms with E-state index in [0.717, 1.165) is 23.8 Å². The second-order valence-electron chi connectivity index (χ2n) is 4.79. The molecule has 1 aliphatic heterocycles. The molecule has 1 heterocycles. The van der Waals surface area contributed by atoms with Crippen LogP contribution < -0.4 is 5.32 Å². The topological polar surface area (TPSA) is 55.2 Å². The van der Waals surface area contributed by atoms with Crippen LogP contribution in [0.3, 0.4) is 0 Å². The minimum absolute atomic E-state index is 0.0287. The molecule has 1 N–H and O–H groups in total. The van der Waals surface area contributed by atoms with Crippen LogP contribution in [-0.2, 0) is 0 Å². The van der Waals surface area contributed by atoms with Crippen molar-refractivity contribution >= 4 is 23.1 Å². The summed E-state index contributed by atoms with van der Waals surface area (Å²) >= 11 is 1.77. The number of hydrogen-bond donors (Lipinski definition) is 1. The fraction of sp³-hybridized carbons (Fsp3) is 0.200. The van der Waals surface area contributed by atoms with Gasteiger partial charge in [-0.3, -0.25) is 10.1 Å². The Bertz CT molecular complexity index is 693. The standard InChI is InChI=1S/C15H13FN2O2S/c16-12-6-5-10(18(19)20)9-14(12)17-13-7-8-21-15-4-2-1-3-11(13)15/h1-6,9,13,17H,7-8H2. The Morgan fingerprint density at radius 1 is 1.29 bits per heavy atom. The van der Waals surface area contributed by atoms with Crippen LogP contribution in [0.25, 0.3) is 0 Å². The van der Waals surface area contributed by atoms with Gasteiger partial charge in [0.25, 0.3) is 5.69 Å². The van der Waals surface area contributed by atoms with E-state index in [1.54, 1.807) is 11.8 Å². The summed E-state index contributed by atoms with van der Waals surface area (Å²) in [5, 5.41) is 13.9. The van der Waals surface area contributed by atoms with Gasteiger partial charge in [-0.2, -0.15) is 0 Å². The molecular formula is C15H13FN2O2S. The number of hydrogen-bond acceptors (Lipinski definition) is 4. The summed E-state index contributed by atoms with van der Waals surface area (Å²) in [5.74, 6) is 0.460. The molecule has 4 nitrogen and oxygen atoms in total. The molecule has 0 radical (unpaired) electrons. The van der Waals surface area contributed by atoms with E-state index in [-0.39, 0.29) is 17.4 Å². The highest BCUT2D eigenvalue weighted by Gasteiger charge is 2.22. The maximum absolute atomic E-state index is 13.9. The number of nitro benzene ring substituents is 1. The lowest BCUT2D eigenvalue weighted by Crippen LogP contribution is -2.16. The zero-order valence-corrected chi connectivity index (χ0v) is 11.9. The third-order valence-electron chi connectivity index (χ3n) is 3.45. The van der Waals surface area contributed by atoms with Crippen molar-refractivity contribution in [3.05, 3.63) is 64.0 Å². The van der Waals surface area contributed by atoms with Gasteiger partial charge in [-0.25, -0.2) is 4.39 Å². The summed E-state index contributed by atoms with van der Waals surface area (Å²) in [7, 11) is 0. The molecule has 6 heteroatoms. The first-order chi connectivity index (χ1) is 10.1. The van der Waals surface area contributed by atoms with E-state index >= 15 is 0 Å². The van der Waals surface area contributed by atoms with Crippen LogP contribution in [0.2, 0.25) is 0 Å². The summed E-state index contributed by atoms with van der Waals surface area (Å²) < 4.78 is 13.9. The summed E-state index contributed by atoms with van der Waals surface area (Å²) in [4.78, 5) is 11.5. The van der Waals surface area contributed by atoms with Gasteiger partial charge in [0.1, 0.15) is 5.82 Å². The molecule has 21 heavy (non-hydrogen) atoms. The monoisotopic (exact) mass is 304 g/mol. The van der Waals surface area contributed by atoms with Gasteiger partial charge in [0.2, 0.25) is 0 Å². The van der Waals surface area contributed by atoms with Crippen molar-refractivity contribution in [2.75, 3.05) is 11.1 Å². The molecule has 3 rings (SSSR count). The van der Waals surface area contributed by atoms with Crippen LogP contribution >= 0.6 is 11.8 Å². The molecule has 2 aromatic rings. The number of halogens is 1. The summed E-state index contributed by atoms with van der Waals surface area (Å²) in [6.07, 6.45) is 0.851. The molecule has 0 saturated heterocycles. The SMILES string of the molecule is O=[N+]([O-])c1ccc(F)c(NC2CCSc3ccccc32)c1. The van der Waals surface area contributed by atoms with Gasteiger partial charge in [-0.1, -0.05) is 18.2 Å². The first-order valence-corrected chi connectivity index (χ1v) is 7.56. The summed E-state index contributed by atoms with van der Waals surface area (Å²) in [6.45, 7) is 0. The number of nitrogens with zero attached hydrogens (tertiary/aromatic N) is 1. The maximum Gasteiger partial charge on any atom is 0.271 e. The Morgan fingerprint density at radius 3 is 2.90 bits per heavy atom. The largest absolute Gasteiger partial charge is 0.376 e. The number of non-ortho nitro benzene ring substituents is 1. The number of benzene rings is 2. The lowest BCUT2D eigenvalue weighted by Gasteiger charge is -2.26. The van der Waals surface area contributed by atoms with Crippen LogP contribution in [0.4, 0.5) is 15.8 Å². The predicted octanol–water partition coefficient (Wildman–Crippen LogP) is 4.38. The number of nitrogens with one attached hydrogen (secondary N) is 1. The van der Waals surface area contributed by atoms with Crippen molar-refractivity contribution in [1.29, 1.82) is 0 Å². The van der Waals surface area contributed by atoms with E-state index in [9.17, 15) is 14.5 Å². The predicted molar refractivity (Wildman–Crippen MR) is 81.2 cm³/mol. The van der Waals surface area contributed by atoms with E-state index < -0.39 is 10.7 Å². The average Bonchev–Trinajstić information content (AvgIpc) is 2.49. The van der Waals surface area contributed by atoms with Crippen molar-refractivity contribution in [2.24, 2.45) is 0 Å². The van der Waals surface area contributed by atoms with Crippen molar-refractivity contribution < 1.29 is 9.31 Å². The fourth-order valence-electron chi connectivity index (χ4n) is 2.42. The van der Waals surface area contributed by atoms with Gasteiger partial charge in [0.05, 0.1) is 16.7 Å². The number of fused-ring (bicyclic) bond motifs is 1. The van der Waals surface area contributed by atoms with Crippen molar-refractivity contribution in [3.8, 4) is 0 Å². The second-order valence-corrected chi connectivity index (χ2v) is 5.93. The molecule has 0 amide bonds. The van der Waals surface area contributed by atoms with Crippen LogP contribution in [0.15, 0.2) is 47.4 Å². The number of nitro groups is 1. The molecule has 0 saturated carbocycles. The number of anilines is 1. The molecule has 1 unspecified atom stereocenters. The van der Waals surface area contributed by atoms with Gasteiger partial charge >= 0.3 is 0 Å². The maximum atomic E-state index is 13.9. The highest BCUT2D eigenvalue weighted by Crippen LogP contribution is 2.38. The van der Waals surface area contributed by atoms with Crippen LogP contribution in [-0.4, -0.2) is 10.7 Å². The zero-order valence-electron chi connectivity index (χ0n) is 11.1. The summed E-state index contributed by atoms with van der Waals surface area (Å²) in [5.41, 5.74) is 1.17. The number of rotatable bonds is 3. The highest BCUT2D eigenvalue weighted by atomic mass is 32.2. The minimum Gasteiger partial charge on any atom is -0.376 e. The Balaban J connectivity index is 1.91. The average molecular weight is 304 g/mol. The first kappa shape index (κ1) is 13.9. The van der Waals surface area contributed by atoms with Crippen LogP contribution in [0.1, 0.15) is 18.0 Å². The molecule has 0 bridgehead atoms. The van der Waals surface area contributed by atoms with Gasteiger partial charge in [0.15, 0.2) is 0 Å². The number of thioether (sulfide) groups is 1. The molecule has 2 aromatic carbocycles. The van der Waals surface area contributed by atoms with Crippen LogP contribution in [0.5, 0.6) is 0 Å². The molecular weight excluding hydrogens is 291 g/mol. The normalized spacial score (nSPS) is 17.1. The van der Waals surface area contributed by atoms with Crippen molar-refractivity contribution in [3.63, 3.8) is 0 Å². The lowest BCUT2D eigenvalue weighted by atomic mass is 10.0. The Kier molecular flexibility index (Phi) is 3.79. The quantitative estimate of drug-likeness (QED) is 0.675. The fourth-order valence-corrected chi connectivity index (χ4v) is 3.54. The van der Waals surface area contributed by atoms with E-state index in [2.05, 4.69) is 5.32 Å². The summed E-state index contributed by atoms with van der Waals surface area (Å²) in [6, 6.07) is 11.5. The minimum atomic E-state index is -0.519. The molecule has 0 spiro atoms. The van der Waals surface area contributed by atoms with Gasteiger partial charge in [0, 0.05) is 22.8 Å². The Morgan fingerprint density at radius 2 is 2.10 bits per heavy atom. The van der Waals surface area contributed by atoms with Crippen molar-refractivity contribution in [2.45, 2.75) is 17.4 Å². The molecule has 108 valence electrons. The van der Waals surface area contributed by atoms with E-state index in [0.29, 0.717) is 0 Å². The molecule has 0 aliphatic carbocycles. The smallest absolute Gasteiger partial charge is 0.271 e. The Hall–Kier alpha value is -2.08. The molecule has 0 aromatic heterocycles. The zero-order chi connectivity index (χ0) is 14.8. The van der Waals surface area contributed by atoms with Gasteiger partial charge in [-0.15, -0.1) is 11.8 Å². The van der Waals surface area contributed by atoms with E-state index in [4.69, 9.17) is 0 Å². The second kappa shape index (κ2) is 5.73. The van der Waals surface area contributed by atoms with Gasteiger partial charge < -0.3 is 5.32 Å². The molecule has 1 atom stereocenters. The van der Waals surface area contributed by atoms with E-state index in [1.807, 2.05) is 24.3 Å². The van der Waals surface area contributed by atoms with Gasteiger partial charge in [-0.05, 0) is 24.1 Å². The highest BCUT2D eigenvalue weighted by molar-refractivity contribution is 7.99. The van der Waals surface area contributed by atoms with Crippen LogP contribution in [0, 0.1) is 15.9 Å². The van der Waals surface area contributed by atoms with E-state index in [1.165, 1.54) is 17.0 Å². The Labute approximate surface area is 125 Å². The molecule has 0 fully saturated rings. The molecule has 1 aliphatic rings. The first-order valence-electron chi connectivity index (χ1n) is 6.57. The third-order valence-corrected chi connectivity index (χ3v) is 4.57.